The van der Waals surface area contributed by atoms with E-state index in [1.165, 1.54) is 5.56 Å². The fraction of sp³-hybridized carbons (Fsp3) is 0.231. The van der Waals surface area contributed by atoms with Gasteiger partial charge in [-0.3, -0.25) is 0 Å². The van der Waals surface area contributed by atoms with Crippen LogP contribution in [0.3, 0.4) is 0 Å². The number of halogens is 1. The van der Waals surface area contributed by atoms with Gasteiger partial charge in [0, 0.05) is 21.6 Å². The summed E-state index contributed by atoms with van der Waals surface area (Å²) in [5.74, 6) is 0. The van der Waals surface area contributed by atoms with Crippen molar-refractivity contribution >= 4 is 33.0 Å². The molecule has 0 aliphatic carbocycles. The van der Waals surface area contributed by atoms with Crippen LogP contribution in [0.4, 0.5) is 5.69 Å². The van der Waals surface area contributed by atoms with Crippen molar-refractivity contribution in [3.63, 3.8) is 0 Å². The van der Waals surface area contributed by atoms with Crippen LogP contribution in [0, 0.1) is 6.92 Å². The molecule has 2 nitrogen and oxygen atoms in total. The molecular weight excluding hydrogens is 298 g/mol. The van der Waals surface area contributed by atoms with Gasteiger partial charge >= 0.3 is 0 Å². The molecule has 1 atom stereocenters. The molecule has 1 aromatic heterocycles. The summed E-state index contributed by atoms with van der Waals surface area (Å²) in [5.41, 5.74) is 2.21. The molecule has 0 radical (unpaired) electrons. The average Bonchev–Trinajstić information content (AvgIpc) is 2.84. The molecule has 0 aliphatic rings. The van der Waals surface area contributed by atoms with Crippen LogP contribution in [0.5, 0.6) is 0 Å². The number of aliphatic hydroxyl groups is 1. The Hall–Kier alpha value is -0.840. The number of benzene rings is 1. The minimum atomic E-state index is -0.445. The van der Waals surface area contributed by atoms with Crippen LogP contribution in [0.25, 0.3) is 0 Å². The third-order valence-electron chi connectivity index (χ3n) is 2.53. The van der Waals surface area contributed by atoms with Gasteiger partial charge < -0.3 is 10.4 Å². The summed E-state index contributed by atoms with van der Waals surface area (Å²) in [6.07, 6.45) is -0.445. The first kappa shape index (κ1) is 12.6. The molecule has 0 bridgehead atoms. The Balaban J connectivity index is 1.96. The first-order chi connectivity index (χ1) is 8.16. The number of hydrogen-bond donors (Lipinski definition) is 2. The molecule has 1 heterocycles. The molecular formula is C13H14BrNOS. The second kappa shape index (κ2) is 5.67. The van der Waals surface area contributed by atoms with E-state index in [-0.39, 0.29) is 0 Å². The predicted molar refractivity (Wildman–Crippen MR) is 76.6 cm³/mol. The second-order valence-corrected chi connectivity index (χ2v) is 5.71. The third-order valence-corrected chi connectivity index (χ3v) is 4.39. The number of thiophene rings is 1. The van der Waals surface area contributed by atoms with Crippen LogP contribution in [-0.2, 0) is 0 Å². The van der Waals surface area contributed by atoms with Gasteiger partial charge in [0.25, 0.3) is 0 Å². The highest BCUT2D eigenvalue weighted by molar-refractivity contribution is 9.10. The Morgan fingerprint density at radius 1 is 1.41 bits per heavy atom. The molecule has 90 valence electrons. The van der Waals surface area contributed by atoms with Crippen LogP contribution >= 0.6 is 27.3 Å². The molecule has 1 unspecified atom stereocenters. The first-order valence-electron chi connectivity index (χ1n) is 5.38. The van der Waals surface area contributed by atoms with E-state index < -0.39 is 6.10 Å². The second-order valence-electron chi connectivity index (χ2n) is 3.88. The van der Waals surface area contributed by atoms with E-state index in [9.17, 15) is 5.11 Å². The van der Waals surface area contributed by atoms with Gasteiger partial charge in [-0.05, 0) is 42.1 Å². The van der Waals surface area contributed by atoms with Crippen LogP contribution in [0.15, 0.2) is 40.2 Å². The smallest absolute Gasteiger partial charge is 0.105 e. The van der Waals surface area contributed by atoms with Gasteiger partial charge in [0.1, 0.15) is 6.10 Å². The van der Waals surface area contributed by atoms with Crippen molar-refractivity contribution in [3.05, 3.63) is 50.6 Å². The van der Waals surface area contributed by atoms with Gasteiger partial charge in [0.05, 0.1) is 0 Å². The normalized spacial score (nSPS) is 12.4. The highest BCUT2D eigenvalue weighted by Crippen LogP contribution is 2.22. The van der Waals surface area contributed by atoms with Crippen LogP contribution in [-0.4, -0.2) is 11.7 Å². The SMILES string of the molecule is Cc1cc(NCC(O)c2cccs2)ccc1Br. The zero-order valence-corrected chi connectivity index (χ0v) is 11.9. The van der Waals surface area contributed by atoms with E-state index in [1.54, 1.807) is 11.3 Å². The lowest BCUT2D eigenvalue weighted by Gasteiger charge is -2.12. The molecule has 4 heteroatoms. The monoisotopic (exact) mass is 311 g/mol. The predicted octanol–water partition coefficient (Wildman–Crippen LogP) is 3.96. The zero-order chi connectivity index (χ0) is 12.3. The number of aliphatic hydroxyl groups excluding tert-OH is 1. The van der Waals surface area contributed by atoms with E-state index in [0.29, 0.717) is 6.54 Å². The van der Waals surface area contributed by atoms with Gasteiger partial charge in [-0.1, -0.05) is 22.0 Å². The van der Waals surface area contributed by atoms with Crippen LogP contribution < -0.4 is 5.32 Å². The standard InChI is InChI=1S/C13H14BrNOS/c1-9-7-10(4-5-11(9)14)15-8-12(16)13-3-2-6-17-13/h2-7,12,15-16H,8H2,1H3. The fourth-order valence-corrected chi connectivity index (χ4v) is 2.51. The Morgan fingerprint density at radius 3 is 2.88 bits per heavy atom. The number of anilines is 1. The van der Waals surface area contributed by atoms with E-state index in [2.05, 4.69) is 27.3 Å². The van der Waals surface area contributed by atoms with Gasteiger partial charge in [-0.25, -0.2) is 0 Å². The van der Waals surface area contributed by atoms with Crippen molar-refractivity contribution < 1.29 is 5.11 Å². The van der Waals surface area contributed by atoms with Crippen molar-refractivity contribution in [1.82, 2.24) is 0 Å². The molecule has 0 spiro atoms. The lowest BCUT2D eigenvalue weighted by atomic mass is 10.2. The molecule has 2 aromatic rings. The first-order valence-corrected chi connectivity index (χ1v) is 7.05. The van der Waals surface area contributed by atoms with Crippen molar-refractivity contribution in [2.24, 2.45) is 0 Å². The Kier molecular flexibility index (Phi) is 4.20. The quantitative estimate of drug-likeness (QED) is 0.895. The third kappa shape index (κ3) is 3.31. The molecule has 0 saturated carbocycles. The number of hydrogen-bond acceptors (Lipinski definition) is 3. The summed E-state index contributed by atoms with van der Waals surface area (Å²) < 4.78 is 1.10. The number of aryl methyl sites for hydroxylation is 1. The summed E-state index contributed by atoms with van der Waals surface area (Å²) in [6, 6.07) is 9.97. The van der Waals surface area contributed by atoms with Crippen molar-refractivity contribution in [2.45, 2.75) is 13.0 Å². The highest BCUT2D eigenvalue weighted by Gasteiger charge is 2.07. The van der Waals surface area contributed by atoms with Gasteiger partial charge in [-0.2, -0.15) is 0 Å². The van der Waals surface area contributed by atoms with Gasteiger partial charge in [0.2, 0.25) is 0 Å². The average molecular weight is 312 g/mol. The minimum Gasteiger partial charge on any atom is -0.386 e. The molecule has 2 rings (SSSR count). The number of nitrogens with one attached hydrogen (secondary N) is 1. The van der Waals surface area contributed by atoms with Crippen molar-refractivity contribution in [1.29, 1.82) is 0 Å². The van der Waals surface area contributed by atoms with Crippen LogP contribution in [0.1, 0.15) is 16.5 Å². The lowest BCUT2D eigenvalue weighted by molar-refractivity contribution is 0.195. The Bertz CT molecular complexity index is 484. The van der Waals surface area contributed by atoms with E-state index in [4.69, 9.17) is 0 Å². The molecule has 0 amide bonds. The Morgan fingerprint density at radius 2 is 2.24 bits per heavy atom. The largest absolute Gasteiger partial charge is 0.386 e. The Labute approximate surface area is 113 Å². The van der Waals surface area contributed by atoms with E-state index >= 15 is 0 Å². The molecule has 0 saturated heterocycles. The molecule has 1 aromatic carbocycles. The summed E-state index contributed by atoms with van der Waals surface area (Å²) in [6.45, 7) is 2.58. The summed E-state index contributed by atoms with van der Waals surface area (Å²) in [5, 5.41) is 15.1. The van der Waals surface area contributed by atoms with Gasteiger partial charge in [0.15, 0.2) is 0 Å². The summed E-state index contributed by atoms with van der Waals surface area (Å²) >= 11 is 5.04. The highest BCUT2D eigenvalue weighted by atomic mass is 79.9. The zero-order valence-electron chi connectivity index (χ0n) is 9.48. The van der Waals surface area contributed by atoms with Gasteiger partial charge in [-0.15, -0.1) is 11.3 Å². The van der Waals surface area contributed by atoms with E-state index in [0.717, 1.165) is 15.0 Å². The summed E-state index contributed by atoms with van der Waals surface area (Å²) in [4.78, 5) is 0.992. The molecule has 0 aliphatic heterocycles. The van der Waals surface area contributed by atoms with Crippen molar-refractivity contribution in [3.8, 4) is 0 Å². The topological polar surface area (TPSA) is 32.3 Å². The maximum absolute atomic E-state index is 9.93. The van der Waals surface area contributed by atoms with Crippen LogP contribution in [0.2, 0.25) is 0 Å². The van der Waals surface area contributed by atoms with Crippen molar-refractivity contribution in [2.75, 3.05) is 11.9 Å². The summed E-state index contributed by atoms with van der Waals surface area (Å²) in [7, 11) is 0. The minimum absolute atomic E-state index is 0.445. The number of rotatable bonds is 4. The molecule has 2 N–H and O–H groups in total. The molecule has 0 fully saturated rings. The lowest BCUT2D eigenvalue weighted by Crippen LogP contribution is -2.10. The fourth-order valence-electron chi connectivity index (χ4n) is 1.55. The maximum atomic E-state index is 9.93. The van der Waals surface area contributed by atoms with E-state index in [1.807, 2.05) is 36.6 Å². The maximum Gasteiger partial charge on any atom is 0.105 e. The molecule has 17 heavy (non-hydrogen) atoms.